The number of anilines is 1. The quantitative estimate of drug-likeness (QED) is 0.164. The Hall–Kier alpha value is -3.75. The van der Waals surface area contributed by atoms with Crippen LogP contribution in [-0.2, 0) is 0 Å². The van der Waals surface area contributed by atoms with Crippen molar-refractivity contribution in [2.45, 2.75) is 84.3 Å². The molecule has 4 aromatic carbocycles. The zero-order chi connectivity index (χ0) is 30.4. The average molecular weight is 599 g/mol. The van der Waals surface area contributed by atoms with Crippen molar-refractivity contribution in [3.8, 4) is 0 Å². The molecule has 3 unspecified atom stereocenters. The van der Waals surface area contributed by atoms with Crippen LogP contribution in [0.25, 0.3) is 38.5 Å². The van der Waals surface area contributed by atoms with Gasteiger partial charge in [0.2, 0.25) is 0 Å². The number of rotatable bonds is 9. The Morgan fingerprint density at radius 3 is 2.25 bits per heavy atom. The highest BCUT2D eigenvalue weighted by Crippen LogP contribution is 2.47. The maximum Gasteiger partial charge on any atom is 0.0739 e. The Morgan fingerprint density at radius 2 is 1.48 bits per heavy atom. The lowest BCUT2D eigenvalue weighted by atomic mass is 10.0. The van der Waals surface area contributed by atoms with E-state index < -0.39 is 0 Å². The summed E-state index contributed by atoms with van der Waals surface area (Å²) in [4.78, 5) is 2.63. The van der Waals surface area contributed by atoms with Crippen LogP contribution >= 0.6 is 11.6 Å². The van der Waals surface area contributed by atoms with Crippen LogP contribution in [0.1, 0.15) is 83.9 Å². The number of nitrogens with zero attached hydrogens (tertiary/aromatic N) is 2. The van der Waals surface area contributed by atoms with Gasteiger partial charge in [-0.15, -0.1) is 0 Å². The molecule has 0 N–H and O–H groups in total. The van der Waals surface area contributed by atoms with Crippen molar-refractivity contribution < 1.29 is 0 Å². The van der Waals surface area contributed by atoms with Gasteiger partial charge in [0.15, 0.2) is 0 Å². The fraction of sp³-hybridized carbons (Fsp3) is 0.317. The van der Waals surface area contributed by atoms with Crippen molar-refractivity contribution in [2.75, 3.05) is 4.90 Å². The van der Waals surface area contributed by atoms with Crippen LogP contribution in [0.3, 0.4) is 0 Å². The maximum absolute atomic E-state index is 7.16. The predicted molar refractivity (Wildman–Crippen MR) is 192 cm³/mol. The van der Waals surface area contributed by atoms with Gasteiger partial charge in [-0.05, 0) is 85.2 Å². The molecule has 2 aliphatic rings. The molecule has 2 nitrogen and oxygen atoms in total. The van der Waals surface area contributed by atoms with Crippen molar-refractivity contribution in [1.29, 1.82) is 0 Å². The second-order valence-corrected chi connectivity index (χ2v) is 13.2. The minimum atomic E-state index is 0.218. The standard InChI is InChI=1S/C41H43ClN2/c1-5-11-27(3)43-35(33-17-7-13-29-15-9-19-37(43)39(29)33)25-23-31-21-22-32(41(31)42)24-26-36-34-18-8-14-30-16-10-20-38(40(30)34)44(36)28(4)12-6-2/h7-10,13-20,23-28,35H,5-6,11-12,21-22H2,1-4H3. The fourth-order valence-corrected chi connectivity index (χ4v) is 8.27. The van der Waals surface area contributed by atoms with Gasteiger partial charge in [0.1, 0.15) is 0 Å². The van der Waals surface area contributed by atoms with E-state index in [0.29, 0.717) is 12.1 Å². The van der Waals surface area contributed by atoms with Gasteiger partial charge in [0.25, 0.3) is 0 Å². The molecule has 0 spiro atoms. The summed E-state index contributed by atoms with van der Waals surface area (Å²) in [6.45, 7) is 9.29. The highest BCUT2D eigenvalue weighted by atomic mass is 35.5. The highest BCUT2D eigenvalue weighted by molar-refractivity contribution is 6.33. The van der Waals surface area contributed by atoms with E-state index in [9.17, 15) is 0 Å². The Balaban J connectivity index is 1.27. The molecule has 1 aliphatic heterocycles. The molecule has 44 heavy (non-hydrogen) atoms. The van der Waals surface area contributed by atoms with E-state index in [2.05, 4.69) is 134 Å². The van der Waals surface area contributed by atoms with E-state index in [4.69, 9.17) is 11.6 Å². The minimum Gasteiger partial charge on any atom is -0.358 e. The topological polar surface area (TPSA) is 8.17 Å². The Bertz CT molecular complexity index is 1990. The number of halogens is 1. The number of aromatic nitrogens is 1. The molecule has 0 saturated carbocycles. The predicted octanol–water partition coefficient (Wildman–Crippen LogP) is 11.3. The van der Waals surface area contributed by atoms with Gasteiger partial charge < -0.3 is 9.47 Å². The molecular weight excluding hydrogens is 556 g/mol. The van der Waals surface area contributed by atoms with Gasteiger partial charge in [0.05, 0.1) is 6.04 Å². The van der Waals surface area contributed by atoms with Gasteiger partial charge in [-0.1, -0.05) is 117 Å². The molecule has 3 atom stereocenters. The van der Waals surface area contributed by atoms with Crippen molar-refractivity contribution in [3.63, 3.8) is 0 Å². The van der Waals surface area contributed by atoms with Crippen LogP contribution in [0.5, 0.6) is 0 Å². The van der Waals surface area contributed by atoms with Crippen molar-refractivity contribution >= 4 is 55.8 Å². The Kier molecular flexibility index (Phi) is 7.89. The van der Waals surface area contributed by atoms with Crippen molar-refractivity contribution in [3.05, 3.63) is 118 Å². The van der Waals surface area contributed by atoms with Crippen LogP contribution in [-0.4, -0.2) is 10.6 Å². The minimum absolute atomic E-state index is 0.218. The van der Waals surface area contributed by atoms with E-state index in [0.717, 1.165) is 30.7 Å². The summed E-state index contributed by atoms with van der Waals surface area (Å²) in [5.41, 5.74) is 6.58. The number of benzene rings is 4. The molecule has 7 rings (SSSR count). The first-order chi connectivity index (χ1) is 21.5. The van der Waals surface area contributed by atoms with E-state index in [-0.39, 0.29) is 6.04 Å². The molecule has 1 aromatic heterocycles. The molecule has 5 aromatic rings. The first-order valence-electron chi connectivity index (χ1n) is 16.6. The SMILES string of the molecule is CCCC(C)N1c2cccc3cccc(c23)C1C=CC1=C(Cl)C(=CC=c2c3cccc4cccc(c43)n2C(C)CCC)CC1. The summed E-state index contributed by atoms with van der Waals surface area (Å²) in [5.74, 6) is 0. The zero-order valence-corrected chi connectivity index (χ0v) is 27.2. The van der Waals surface area contributed by atoms with Crippen LogP contribution in [0.15, 0.2) is 107 Å². The third-order valence-electron chi connectivity index (χ3n) is 9.97. The number of allylic oxidation sites excluding steroid dienone is 5. The summed E-state index contributed by atoms with van der Waals surface area (Å²) < 4.78 is 2.55. The highest BCUT2D eigenvalue weighted by Gasteiger charge is 2.32. The van der Waals surface area contributed by atoms with Gasteiger partial charge in [-0.3, -0.25) is 0 Å². The molecule has 0 radical (unpaired) electrons. The molecule has 0 saturated heterocycles. The second-order valence-electron chi connectivity index (χ2n) is 12.8. The zero-order valence-electron chi connectivity index (χ0n) is 26.5. The van der Waals surface area contributed by atoms with Gasteiger partial charge in [0, 0.05) is 49.8 Å². The summed E-state index contributed by atoms with van der Waals surface area (Å²) in [7, 11) is 0. The monoisotopic (exact) mass is 598 g/mol. The van der Waals surface area contributed by atoms with Gasteiger partial charge >= 0.3 is 0 Å². The first-order valence-corrected chi connectivity index (χ1v) is 17.0. The van der Waals surface area contributed by atoms with E-state index in [1.807, 2.05) is 0 Å². The lowest BCUT2D eigenvalue weighted by Crippen LogP contribution is -2.33. The second kappa shape index (κ2) is 12.0. The molecule has 0 bridgehead atoms. The van der Waals surface area contributed by atoms with Crippen molar-refractivity contribution in [2.24, 2.45) is 0 Å². The Morgan fingerprint density at radius 1 is 0.795 bits per heavy atom. The summed E-state index contributed by atoms with van der Waals surface area (Å²) in [5, 5.41) is 8.94. The number of hydrogen-bond acceptors (Lipinski definition) is 1. The molecule has 2 heterocycles. The third kappa shape index (κ3) is 4.79. The normalized spacial score (nSPS) is 19.7. The lowest BCUT2D eigenvalue weighted by molar-refractivity contribution is 0.507. The molecule has 0 fully saturated rings. The molecule has 1 aliphatic carbocycles. The van der Waals surface area contributed by atoms with E-state index in [1.54, 1.807) is 0 Å². The molecule has 3 heteroatoms. The maximum atomic E-state index is 7.16. The first kappa shape index (κ1) is 29.0. The molecular formula is C41H43ClN2. The smallest absolute Gasteiger partial charge is 0.0739 e. The molecule has 0 amide bonds. The van der Waals surface area contributed by atoms with Crippen LogP contribution < -0.4 is 10.2 Å². The lowest BCUT2D eigenvalue weighted by Gasteiger charge is -2.33. The largest absolute Gasteiger partial charge is 0.358 e. The van der Waals surface area contributed by atoms with Gasteiger partial charge in [-0.25, -0.2) is 0 Å². The Labute approximate surface area is 267 Å². The average Bonchev–Trinajstić information content (AvgIpc) is 3.67. The van der Waals surface area contributed by atoms with E-state index >= 15 is 0 Å². The van der Waals surface area contributed by atoms with Crippen molar-refractivity contribution in [1.82, 2.24) is 4.57 Å². The summed E-state index contributed by atoms with van der Waals surface area (Å²) in [6, 6.07) is 28.0. The van der Waals surface area contributed by atoms with Crippen LogP contribution in [0, 0.1) is 0 Å². The van der Waals surface area contributed by atoms with Crippen LogP contribution in [0.4, 0.5) is 5.69 Å². The molecule has 224 valence electrons. The summed E-state index contributed by atoms with van der Waals surface area (Å²) in [6.07, 6.45) is 16.0. The summed E-state index contributed by atoms with van der Waals surface area (Å²) >= 11 is 7.16. The van der Waals surface area contributed by atoms with Crippen LogP contribution in [0.2, 0.25) is 0 Å². The number of hydrogen-bond donors (Lipinski definition) is 0. The fourth-order valence-electron chi connectivity index (χ4n) is 7.96. The third-order valence-corrected chi connectivity index (χ3v) is 10.5. The van der Waals surface area contributed by atoms with E-state index in [1.165, 1.54) is 73.0 Å². The van der Waals surface area contributed by atoms with Gasteiger partial charge in [-0.2, -0.15) is 0 Å².